The summed E-state index contributed by atoms with van der Waals surface area (Å²) >= 11 is 0. The number of carbonyl (C=O) groups is 2. The van der Waals surface area contributed by atoms with Crippen LogP contribution in [0.1, 0.15) is 51.7 Å². The number of hydrogen-bond donors (Lipinski definition) is 0. The van der Waals surface area contributed by atoms with Gasteiger partial charge in [0.05, 0.1) is 18.3 Å². The van der Waals surface area contributed by atoms with Gasteiger partial charge in [-0.1, -0.05) is 43.0 Å². The van der Waals surface area contributed by atoms with Crippen LogP contribution in [0.25, 0.3) is 0 Å². The van der Waals surface area contributed by atoms with Crippen molar-refractivity contribution in [2.75, 3.05) is 6.61 Å². The summed E-state index contributed by atoms with van der Waals surface area (Å²) in [6.07, 6.45) is 2.51. The molecule has 31 heavy (non-hydrogen) atoms. The molecule has 6 nitrogen and oxygen atoms in total. The Balaban J connectivity index is 1.64. The minimum absolute atomic E-state index is 0.136. The molecule has 1 aliphatic carbocycles. The molecule has 0 saturated carbocycles. The van der Waals surface area contributed by atoms with E-state index in [0.29, 0.717) is 12.0 Å². The van der Waals surface area contributed by atoms with Crippen molar-refractivity contribution >= 4 is 11.9 Å². The second-order valence-electron chi connectivity index (χ2n) is 8.74. The van der Waals surface area contributed by atoms with E-state index in [1.54, 1.807) is 6.92 Å². The van der Waals surface area contributed by atoms with E-state index in [-0.39, 0.29) is 36.3 Å². The monoisotopic (exact) mass is 426 g/mol. The van der Waals surface area contributed by atoms with Crippen LogP contribution in [0, 0.1) is 5.92 Å². The molecule has 3 aliphatic rings. The predicted octanol–water partition coefficient (Wildman–Crippen LogP) is 4.06. The number of hydrogen-bond acceptors (Lipinski definition) is 6. The molecule has 1 aromatic rings. The number of ether oxygens (including phenoxy) is 4. The molecule has 0 bridgehead atoms. The molecule has 0 spiro atoms. The summed E-state index contributed by atoms with van der Waals surface area (Å²) < 4.78 is 23.3. The maximum atomic E-state index is 12.8. The van der Waals surface area contributed by atoms with Crippen molar-refractivity contribution in [1.29, 1.82) is 0 Å². The molecule has 2 aliphatic heterocycles. The summed E-state index contributed by atoms with van der Waals surface area (Å²) in [7, 11) is 0. The first-order chi connectivity index (χ1) is 14.8. The highest BCUT2D eigenvalue weighted by Crippen LogP contribution is 2.50. The molecule has 2 fully saturated rings. The number of epoxide rings is 1. The van der Waals surface area contributed by atoms with Crippen LogP contribution in [0.4, 0.5) is 0 Å². The topological polar surface area (TPSA) is 74.4 Å². The molecule has 1 unspecified atom stereocenters. The Morgan fingerprint density at radius 2 is 2.06 bits per heavy atom. The van der Waals surface area contributed by atoms with Crippen molar-refractivity contribution in [2.24, 2.45) is 5.92 Å². The van der Waals surface area contributed by atoms with Crippen LogP contribution >= 0.6 is 0 Å². The van der Waals surface area contributed by atoms with Crippen LogP contribution in [-0.2, 0) is 28.5 Å². The van der Waals surface area contributed by atoms with Crippen LogP contribution in [0.3, 0.4) is 0 Å². The van der Waals surface area contributed by atoms with Crippen LogP contribution in [0.2, 0.25) is 0 Å². The van der Waals surface area contributed by atoms with Gasteiger partial charge in [-0.3, -0.25) is 0 Å². The molecule has 6 atom stereocenters. The van der Waals surface area contributed by atoms with Gasteiger partial charge in [0.25, 0.3) is 0 Å². The molecular formula is C25H30O6. The summed E-state index contributed by atoms with van der Waals surface area (Å²) in [5.74, 6) is -1.03. The average molecular weight is 427 g/mol. The highest BCUT2D eigenvalue weighted by atomic mass is 16.6. The van der Waals surface area contributed by atoms with Gasteiger partial charge in [-0.25, -0.2) is 9.59 Å². The van der Waals surface area contributed by atoms with E-state index in [4.69, 9.17) is 18.9 Å². The van der Waals surface area contributed by atoms with E-state index in [1.165, 1.54) is 0 Å². The highest BCUT2D eigenvalue weighted by Gasteiger charge is 2.61. The molecule has 0 N–H and O–H groups in total. The first kappa shape index (κ1) is 21.8. The second-order valence-corrected chi connectivity index (χ2v) is 8.74. The Labute approximate surface area is 183 Å². The lowest BCUT2D eigenvalue weighted by atomic mass is 9.83. The van der Waals surface area contributed by atoms with Crippen molar-refractivity contribution < 1.29 is 28.5 Å². The summed E-state index contributed by atoms with van der Waals surface area (Å²) in [6.45, 7) is 10.1. The van der Waals surface area contributed by atoms with E-state index in [0.717, 1.165) is 24.0 Å². The lowest BCUT2D eigenvalue weighted by molar-refractivity contribution is -0.160. The number of carbonyl (C=O) groups excluding carboxylic acids is 2. The lowest BCUT2D eigenvalue weighted by Crippen LogP contribution is -2.34. The molecule has 1 aromatic carbocycles. The maximum absolute atomic E-state index is 12.8. The second kappa shape index (κ2) is 8.60. The standard InChI is InChI=1S/C25H30O6/c1-5-28-24(27)20(17-11-7-6-8-12-17)29-19-14-18-16(3)23(26)30-21(18)22-25(4,31-22)13-9-10-15(19)2/h6-8,10-12,18-22H,3,5,9,13-14H2,1-2,4H3/t18-,19-,20?,21-,22+,25+/m0/s1. The van der Waals surface area contributed by atoms with Crippen molar-refractivity contribution in [2.45, 2.75) is 70.1 Å². The van der Waals surface area contributed by atoms with Crippen LogP contribution in [0.15, 0.2) is 54.1 Å². The zero-order valence-corrected chi connectivity index (χ0v) is 18.3. The Kier molecular flexibility index (Phi) is 6.04. The van der Waals surface area contributed by atoms with Gasteiger partial charge in [0.1, 0.15) is 12.2 Å². The summed E-state index contributed by atoms with van der Waals surface area (Å²) in [4.78, 5) is 25.1. The van der Waals surface area contributed by atoms with Gasteiger partial charge in [0.15, 0.2) is 6.10 Å². The molecule has 166 valence electrons. The van der Waals surface area contributed by atoms with Crippen molar-refractivity contribution in [1.82, 2.24) is 0 Å². The summed E-state index contributed by atoms with van der Waals surface area (Å²) in [5.41, 5.74) is 1.91. The highest BCUT2D eigenvalue weighted by molar-refractivity contribution is 5.91. The first-order valence-corrected chi connectivity index (χ1v) is 11.0. The molecule has 2 saturated heterocycles. The molecule has 6 heteroatoms. The molecular weight excluding hydrogens is 396 g/mol. The fourth-order valence-corrected chi connectivity index (χ4v) is 4.63. The Bertz CT molecular complexity index is 891. The average Bonchev–Trinajstić information content (AvgIpc) is 3.34. The van der Waals surface area contributed by atoms with Gasteiger partial charge >= 0.3 is 11.9 Å². The third kappa shape index (κ3) is 4.32. The molecule has 0 radical (unpaired) electrons. The van der Waals surface area contributed by atoms with E-state index >= 15 is 0 Å². The number of allylic oxidation sites excluding steroid dienone is 1. The maximum Gasteiger partial charge on any atom is 0.339 e. The Morgan fingerprint density at radius 1 is 1.32 bits per heavy atom. The van der Waals surface area contributed by atoms with Gasteiger partial charge in [0, 0.05) is 11.5 Å². The lowest BCUT2D eigenvalue weighted by Gasteiger charge is -2.29. The first-order valence-electron chi connectivity index (χ1n) is 11.0. The summed E-state index contributed by atoms with van der Waals surface area (Å²) in [6, 6.07) is 9.34. The van der Waals surface area contributed by atoms with E-state index in [2.05, 4.69) is 19.6 Å². The number of fused-ring (bicyclic) bond motifs is 3. The van der Waals surface area contributed by atoms with Crippen LogP contribution < -0.4 is 0 Å². The van der Waals surface area contributed by atoms with E-state index < -0.39 is 18.2 Å². The van der Waals surface area contributed by atoms with Crippen LogP contribution in [-0.4, -0.2) is 42.5 Å². The van der Waals surface area contributed by atoms with E-state index in [1.807, 2.05) is 37.3 Å². The fraction of sp³-hybridized carbons (Fsp3) is 0.520. The van der Waals surface area contributed by atoms with Crippen molar-refractivity contribution in [3.05, 3.63) is 59.7 Å². The minimum atomic E-state index is -0.857. The van der Waals surface area contributed by atoms with Gasteiger partial charge in [0.2, 0.25) is 0 Å². The van der Waals surface area contributed by atoms with Gasteiger partial charge in [-0.05, 0) is 51.2 Å². The van der Waals surface area contributed by atoms with Crippen molar-refractivity contribution in [3.8, 4) is 0 Å². The quantitative estimate of drug-likeness (QED) is 0.306. The van der Waals surface area contributed by atoms with Gasteiger partial charge in [-0.2, -0.15) is 0 Å². The fourth-order valence-electron chi connectivity index (χ4n) is 4.63. The molecule has 4 rings (SSSR count). The van der Waals surface area contributed by atoms with E-state index in [9.17, 15) is 9.59 Å². The smallest absolute Gasteiger partial charge is 0.339 e. The third-order valence-electron chi connectivity index (χ3n) is 6.57. The number of benzene rings is 1. The number of rotatable bonds is 5. The number of esters is 2. The molecule has 0 aromatic heterocycles. The Hall–Kier alpha value is -2.44. The summed E-state index contributed by atoms with van der Waals surface area (Å²) in [5, 5.41) is 0. The normalized spacial score (nSPS) is 33.5. The largest absolute Gasteiger partial charge is 0.464 e. The van der Waals surface area contributed by atoms with Gasteiger partial charge < -0.3 is 18.9 Å². The zero-order chi connectivity index (χ0) is 22.2. The third-order valence-corrected chi connectivity index (χ3v) is 6.57. The Morgan fingerprint density at radius 3 is 2.77 bits per heavy atom. The van der Waals surface area contributed by atoms with Crippen molar-refractivity contribution in [3.63, 3.8) is 0 Å². The minimum Gasteiger partial charge on any atom is -0.464 e. The zero-order valence-electron chi connectivity index (χ0n) is 18.3. The van der Waals surface area contributed by atoms with Gasteiger partial charge in [-0.15, -0.1) is 0 Å². The molecule has 2 heterocycles. The van der Waals surface area contributed by atoms with Crippen LogP contribution in [0.5, 0.6) is 0 Å². The SMILES string of the molecule is C=C1C(=O)O[C@@H]2[C@H]3O[C@]3(C)CCC=C(C)[C@@H](OC(C(=O)OCC)c3ccccc3)C[C@@H]12. The predicted molar refractivity (Wildman–Crippen MR) is 114 cm³/mol. The molecule has 0 amide bonds.